The molecule has 0 unspecified atom stereocenters. The van der Waals surface area contributed by atoms with Crippen LogP contribution in [0.1, 0.15) is 31.2 Å². The average molecular weight is 352 g/mol. The van der Waals surface area contributed by atoms with E-state index in [1.807, 2.05) is 12.1 Å². The number of likely N-dealkylation sites (tertiary alicyclic amines) is 2. The van der Waals surface area contributed by atoms with E-state index in [0.717, 1.165) is 22.6 Å². The summed E-state index contributed by atoms with van der Waals surface area (Å²) in [5.41, 5.74) is 7.99. The highest BCUT2D eigenvalue weighted by Crippen LogP contribution is 2.25. The topological polar surface area (TPSA) is 32.5 Å². The predicted octanol–water partition coefficient (Wildman–Crippen LogP) is 3.34. The number of nitrogens with zero attached hydrogens (tertiary/aromatic N) is 2. The van der Waals surface area contributed by atoms with Crippen molar-refractivity contribution in [2.24, 2.45) is 5.92 Å². The molecule has 0 atom stereocenters. The molecule has 0 saturated carbocycles. The Balaban J connectivity index is 1.46. The first-order valence-corrected chi connectivity index (χ1v) is 8.98. The second kappa shape index (κ2) is 7.12. The zero-order valence-corrected chi connectivity index (χ0v) is 14.3. The second-order valence-corrected chi connectivity index (χ2v) is 7.43. The van der Waals surface area contributed by atoms with Crippen LogP contribution in [-0.2, 0) is 6.54 Å². The third-order valence-corrected chi connectivity index (χ3v) is 5.63. The zero-order chi connectivity index (χ0) is 14.7. The first-order chi connectivity index (χ1) is 10.2. The molecule has 3 rings (SSSR count). The molecule has 3 nitrogen and oxygen atoms in total. The summed E-state index contributed by atoms with van der Waals surface area (Å²) in [6, 6.07) is 6.16. The fourth-order valence-corrected chi connectivity index (χ4v) is 4.11. The van der Waals surface area contributed by atoms with Gasteiger partial charge in [-0.1, -0.05) is 22.0 Å². The van der Waals surface area contributed by atoms with Gasteiger partial charge in [0.15, 0.2) is 0 Å². The maximum atomic E-state index is 5.81. The number of halogens is 1. The van der Waals surface area contributed by atoms with Gasteiger partial charge in [0, 0.05) is 23.2 Å². The van der Waals surface area contributed by atoms with E-state index in [1.54, 1.807) is 0 Å². The van der Waals surface area contributed by atoms with Gasteiger partial charge in [-0.3, -0.25) is 4.90 Å². The summed E-state index contributed by atoms with van der Waals surface area (Å²) in [5, 5.41) is 0. The van der Waals surface area contributed by atoms with Crippen molar-refractivity contribution in [3.63, 3.8) is 0 Å². The molecule has 2 fully saturated rings. The molecule has 1 aromatic carbocycles. The Morgan fingerprint density at radius 1 is 1.05 bits per heavy atom. The van der Waals surface area contributed by atoms with E-state index in [0.29, 0.717) is 0 Å². The molecule has 21 heavy (non-hydrogen) atoms. The summed E-state index contributed by atoms with van der Waals surface area (Å²) in [4.78, 5) is 5.24. The number of rotatable bonds is 4. The molecule has 2 N–H and O–H groups in total. The summed E-state index contributed by atoms with van der Waals surface area (Å²) in [5.74, 6) is 0.911. The van der Waals surface area contributed by atoms with Gasteiger partial charge in [0.2, 0.25) is 0 Å². The number of nitrogen functional groups attached to an aromatic ring is 1. The molecule has 0 aromatic heterocycles. The Morgan fingerprint density at radius 3 is 2.43 bits per heavy atom. The molecule has 0 radical (unpaired) electrons. The summed E-state index contributed by atoms with van der Waals surface area (Å²) in [6.07, 6.45) is 5.51. The molecular formula is C17H26BrN3. The van der Waals surface area contributed by atoms with Gasteiger partial charge in [-0.15, -0.1) is 0 Å². The number of benzene rings is 1. The van der Waals surface area contributed by atoms with Crippen LogP contribution in [0.5, 0.6) is 0 Å². The largest absolute Gasteiger partial charge is 0.399 e. The van der Waals surface area contributed by atoms with Crippen LogP contribution in [0.25, 0.3) is 0 Å². The highest BCUT2D eigenvalue weighted by Gasteiger charge is 2.23. The Kier molecular flexibility index (Phi) is 5.19. The third kappa shape index (κ3) is 4.21. The van der Waals surface area contributed by atoms with Crippen molar-refractivity contribution in [3.8, 4) is 0 Å². The SMILES string of the molecule is Nc1ccc(CN2CCC(CN3CCCC3)CC2)c(Br)c1. The quantitative estimate of drug-likeness (QED) is 0.844. The number of hydrogen-bond acceptors (Lipinski definition) is 3. The van der Waals surface area contributed by atoms with Crippen molar-refractivity contribution in [3.05, 3.63) is 28.2 Å². The highest BCUT2D eigenvalue weighted by molar-refractivity contribution is 9.10. The summed E-state index contributed by atoms with van der Waals surface area (Å²) < 4.78 is 1.14. The minimum Gasteiger partial charge on any atom is -0.399 e. The van der Waals surface area contributed by atoms with Crippen LogP contribution in [0.15, 0.2) is 22.7 Å². The summed E-state index contributed by atoms with van der Waals surface area (Å²) >= 11 is 3.63. The van der Waals surface area contributed by atoms with Gasteiger partial charge in [0.1, 0.15) is 0 Å². The van der Waals surface area contributed by atoms with E-state index in [1.165, 1.54) is 64.0 Å². The van der Waals surface area contributed by atoms with Crippen molar-refractivity contribution in [2.45, 2.75) is 32.2 Å². The molecule has 0 amide bonds. The van der Waals surface area contributed by atoms with Gasteiger partial charge >= 0.3 is 0 Å². The minimum absolute atomic E-state index is 0.829. The minimum atomic E-state index is 0.829. The van der Waals surface area contributed by atoms with Crippen LogP contribution in [-0.4, -0.2) is 42.5 Å². The molecule has 0 bridgehead atoms. The van der Waals surface area contributed by atoms with Crippen molar-refractivity contribution in [1.29, 1.82) is 0 Å². The molecule has 2 heterocycles. The molecule has 4 heteroatoms. The normalized spacial score (nSPS) is 22.0. The smallest absolute Gasteiger partial charge is 0.0325 e. The number of nitrogens with two attached hydrogens (primary N) is 1. The van der Waals surface area contributed by atoms with Gasteiger partial charge < -0.3 is 10.6 Å². The van der Waals surface area contributed by atoms with Crippen molar-refractivity contribution < 1.29 is 0 Å². The average Bonchev–Trinajstić information content (AvgIpc) is 2.97. The lowest BCUT2D eigenvalue weighted by Gasteiger charge is -2.34. The van der Waals surface area contributed by atoms with Crippen LogP contribution < -0.4 is 5.73 Å². The Bertz CT molecular complexity index is 463. The summed E-state index contributed by atoms with van der Waals surface area (Å²) in [7, 11) is 0. The fourth-order valence-electron chi connectivity index (χ4n) is 3.59. The monoisotopic (exact) mass is 351 g/mol. The predicted molar refractivity (Wildman–Crippen MR) is 92.2 cm³/mol. The van der Waals surface area contributed by atoms with Gasteiger partial charge in [-0.2, -0.15) is 0 Å². The van der Waals surface area contributed by atoms with E-state index >= 15 is 0 Å². The van der Waals surface area contributed by atoms with Crippen LogP contribution in [0.2, 0.25) is 0 Å². The second-order valence-electron chi connectivity index (χ2n) is 6.58. The molecule has 2 aliphatic rings. The van der Waals surface area contributed by atoms with Crippen molar-refractivity contribution >= 4 is 21.6 Å². The Labute approximate surface area is 136 Å². The lowest BCUT2D eigenvalue weighted by atomic mass is 9.96. The van der Waals surface area contributed by atoms with E-state index in [4.69, 9.17) is 5.73 Å². The molecule has 2 saturated heterocycles. The zero-order valence-electron chi connectivity index (χ0n) is 12.7. The summed E-state index contributed by atoms with van der Waals surface area (Å²) in [6.45, 7) is 7.50. The van der Waals surface area contributed by atoms with Crippen LogP contribution in [0, 0.1) is 5.92 Å². The molecular weight excluding hydrogens is 326 g/mol. The number of hydrogen-bond donors (Lipinski definition) is 1. The van der Waals surface area contributed by atoms with E-state index in [-0.39, 0.29) is 0 Å². The lowest BCUT2D eigenvalue weighted by Crippen LogP contribution is -2.37. The van der Waals surface area contributed by atoms with Crippen molar-refractivity contribution in [1.82, 2.24) is 9.80 Å². The van der Waals surface area contributed by atoms with E-state index in [9.17, 15) is 0 Å². The Hall–Kier alpha value is -0.580. The van der Waals surface area contributed by atoms with Gasteiger partial charge in [-0.05, 0) is 75.5 Å². The fraction of sp³-hybridized carbons (Fsp3) is 0.647. The Morgan fingerprint density at radius 2 is 1.76 bits per heavy atom. The molecule has 0 aliphatic carbocycles. The molecule has 0 spiro atoms. The number of anilines is 1. The standard InChI is InChI=1S/C17H26BrN3/c18-17-11-16(19)4-3-15(17)13-21-9-5-14(6-10-21)12-20-7-1-2-8-20/h3-4,11,14H,1-2,5-10,12-13,19H2. The molecule has 116 valence electrons. The third-order valence-electron chi connectivity index (χ3n) is 4.89. The first-order valence-electron chi connectivity index (χ1n) is 8.19. The van der Waals surface area contributed by atoms with Crippen LogP contribution in [0.3, 0.4) is 0 Å². The first kappa shape index (κ1) is 15.3. The maximum Gasteiger partial charge on any atom is 0.0325 e. The molecule has 2 aliphatic heterocycles. The maximum absolute atomic E-state index is 5.81. The van der Waals surface area contributed by atoms with Crippen LogP contribution >= 0.6 is 15.9 Å². The van der Waals surface area contributed by atoms with Gasteiger partial charge in [0.25, 0.3) is 0 Å². The van der Waals surface area contributed by atoms with Gasteiger partial charge in [-0.25, -0.2) is 0 Å². The molecule has 1 aromatic rings. The van der Waals surface area contributed by atoms with Crippen LogP contribution in [0.4, 0.5) is 5.69 Å². The van der Waals surface area contributed by atoms with Crippen molar-refractivity contribution in [2.75, 3.05) is 38.5 Å². The highest BCUT2D eigenvalue weighted by atomic mass is 79.9. The van der Waals surface area contributed by atoms with E-state index < -0.39 is 0 Å². The van der Waals surface area contributed by atoms with E-state index in [2.05, 4.69) is 31.8 Å². The number of piperidine rings is 1. The van der Waals surface area contributed by atoms with Gasteiger partial charge in [0.05, 0.1) is 0 Å². The lowest BCUT2D eigenvalue weighted by molar-refractivity contribution is 0.148.